The third-order valence-corrected chi connectivity index (χ3v) is 3.52. The molecule has 0 spiro atoms. The summed E-state index contributed by atoms with van der Waals surface area (Å²) in [5.74, 6) is -2.56. The number of rotatable bonds is 5. The third kappa shape index (κ3) is 4.00. The topological polar surface area (TPSA) is 91.7 Å². The molecule has 1 atom stereocenters. The van der Waals surface area contributed by atoms with Crippen LogP contribution in [-0.4, -0.2) is 36.5 Å². The van der Waals surface area contributed by atoms with Crippen LogP contribution in [0.25, 0.3) is 0 Å². The second kappa shape index (κ2) is 5.09. The molecule has 0 aliphatic rings. The summed E-state index contributed by atoms with van der Waals surface area (Å²) in [6.07, 6.45) is -1.87. The van der Waals surface area contributed by atoms with Crippen LogP contribution in [0.1, 0.15) is 5.56 Å². The van der Waals surface area contributed by atoms with Crippen LogP contribution in [0, 0.1) is 0 Å². The van der Waals surface area contributed by atoms with Crippen molar-refractivity contribution in [3.63, 3.8) is 0 Å². The Morgan fingerprint density at radius 2 is 1.81 bits per heavy atom. The third-order valence-electron chi connectivity index (χ3n) is 1.93. The summed E-state index contributed by atoms with van der Waals surface area (Å²) >= 11 is 0. The molecule has 88 valence electrons. The van der Waals surface area contributed by atoms with E-state index in [0.717, 1.165) is 0 Å². The maximum atomic E-state index is 11.5. The van der Waals surface area contributed by atoms with Gasteiger partial charge >= 0.3 is 5.97 Å². The van der Waals surface area contributed by atoms with Crippen LogP contribution in [0.5, 0.6) is 0 Å². The highest BCUT2D eigenvalue weighted by Crippen LogP contribution is 2.07. The predicted octanol–water partition coefficient (Wildman–Crippen LogP) is 0.0469. The van der Waals surface area contributed by atoms with E-state index in [0.29, 0.717) is 5.56 Å². The number of carboxylic acid groups (broad SMARTS) is 1. The summed E-state index contributed by atoms with van der Waals surface area (Å²) < 4.78 is 23.0. The van der Waals surface area contributed by atoms with Gasteiger partial charge in [-0.25, -0.2) is 13.2 Å². The van der Waals surface area contributed by atoms with E-state index in [2.05, 4.69) is 0 Å². The smallest absolute Gasteiger partial charge is 0.333 e. The summed E-state index contributed by atoms with van der Waals surface area (Å²) in [7, 11) is -3.61. The Morgan fingerprint density at radius 3 is 2.31 bits per heavy atom. The quantitative estimate of drug-likeness (QED) is 0.763. The molecule has 1 aromatic rings. The molecule has 0 aromatic heterocycles. The zero-order valence-corrected chi connectivity index (χ0v) is 9.22. The Balaban J connectivity index is 2.70. The molecule has 0 heterocycles. The summed E-state index contributed by atoms with van der Waals surface area (Å²) in [6.45, 7) is 0. The number of aliphatic hydroxyl groups is 1. The zero-order valence-electron chi connectivity index (χ0n) is 8.41. The van der Waals surface area contributed by atoms with Gasteiger partial charge in [0, 0.05) is 0 Å². The second-order valence-corrected chi connectivity index (χ2v) is 5.50. The van der Waals surface area contributed by atoms with Crippen molar-refractivity contribution in [1.82, 2.24) is 0 Å². The predicted molar refractivity (Wildman–Crippen MR) is 57.6 cm³/mol. The van der Waals surface area contributed by atoms with Gasteiger partial charge in [-0.3, -0.25) is 0 Å². The van der Waals surface area contributed by atoms with Crippen molar-refractivity contribution in [2.24, 2.45) is 0 Å². The molecule has 2 N–H and O–H groups in total. The van der Waals surface area contributed by atoms with Crippen LogP contribution in [0.15, 0.2) is 30.3 Å². The normalized spacial score (nSPS) is 13.3. The van der Waals surface area contributed by atoms with Crippen molar-refractivity contribution in [1.29, 1.82) is 0 Å². The van der Waals surface area contributed by atoms with E-state index >= 15 is 0 Å². The standard InChI is InChI=1S/C10H12O5S/c11-9(10(12)13)7-16(14,15)6-8-4-2-1-3-5-8/h1-5,9,11H,6-7H2,(H,12,13). The molecule has 0 fully saturated rings. The van der Waals surface area contributed by atoms with Gasteiger partial charge in [-0.1, -0.05) is 30.3 Å². The van der Waals surface area contributed by atoms with Gasteiger partial charge in [0.25, 0.3) is 0 Å². The molecular weight excluding hydrogens is 232 g/mol. The molecule has 0 radical (unpaired) electrons. The molecule has 0 aliphatic heterocycles. The Kier molecular flexibility index (Phi) is 4.03. The fourth-order valence-corrected chi connectivity index (χ4v) is 2.64. The molecule has 1 unspecified atom stereocenters. The van der Waals surface area contributed by atoms with Crippen molar-refractivity contribution in [2.45, 2.75) is 11.9 Å². The monoisotopic (exact) mass is 244 g/mol. The minimum Gasteiger partial charge on any atom is -0.479 e. The molecule has 6 heteroatoms. The molecule has 1 rings (SSSR count). The van der Waals surface area contributed by atoms with E-state index < -0.39 is 27.7 Å². The van der Waals surface area contributed by atoms with Crippen LogP contribution in [0.4, 0.5) is 0 Å². The fourth-order valence-electron chi connectivity index (χ4n) is 1.20. The van der Waals surface area contributed by atoms with E-state index in [1.54, 1.807) is 30.3 Å². The number of hydrogen-bond acceptors (Lipinski definition) is 4. The fraction of sp³-hybridized carbons (Fsp3) is 0.300. The molecule has 0 aliphatic carbocycles. The molecule has 0 saturated carbocycles. The molecule has 0 saturated heterocycles. The first-order chi connectivity index (χ1) is 7.41. The van der Waals surface area contributed by atoms with Crippen molar-refractivity contribution in [3.05, 3.63) is 35.9 Å². The van der Waals surface area contributed by atoms with Crippen LogP contribution < -0.4 is 0 Å². The van der Waals surface area contributed by atoms with Gasteiger partial charge in [-0.2, -0.15) is 0 Å². The average Bonchev–Trinajstić information content (AvgIpc) is 2.17. The van der Waals surface area contributed by atoms with E-state index in [1.165, 1.54) is 0 Å². The Labute approximate surface area is 93.3 Å². The average molecular weight is 244 g/mol. The number of aliphatic carboxylic acids is 1. The van der Waals surface area contributed by atoms with Gasteiger partial charge in [-0.15, -0.1) is 0 Å². The number of hydrogen-bond donors (Lipinski definition) is 2. The molecule has 5 nitrogen and oxygen atoms in total. The summed E-state index contributed by atoms with van der Waals surface area (Å²) in [4.78, 5) is 10.3. The van der Waals surface area contributed by atoms with Crippen molar-refractivity contribution in [3.8, 4) is 0 Å². The van der Waals surface area contributed by atoms with E-state index in [1.807, 2.05) is 0 Å². The SMILES string of the molecule is O=C(O)C(O)CS(=O)(=O)Cc1ccccc1. The highest BCUT2D eigenvalue weighted by molar-refractivity contribution is 7.90. The highest BCUT2D eigenvalue weighted by atomic mass is 32.2. The van der Waals surface area contributed by atoms with Gasteiger partial charge in [0.1, 0.15) is 0 Å². The van der Waals surface area contributed by atoms with E-state index in [4.69, 9.17) is 10.2 Å². The first-order valence-electron chi connectivity index (χ1n) is 4.56. The first-order valence-corrected chi connectivity index (χ1v) is 6.38. The van der Waals surface area contributed by atoms with Crippen LogP contribution in [0.2, 0.25) is 0 Å². The molecule has 0 amide bonds. The van der Waals surface area contributed by atoms with Gasteiger partial charge in [-0.05, 0) is 5.56 Å². The van der Waals surface area contributed by atoms with E-state index in [-0.39, 0.29) is 5.75 Å². The number of carboxylic acids is 1. The maximum absolute atomic E-state index is 11.5. The van der Waals surface area contributed by atoms with Crippen molar-refractivity contribution in [2.75, 3.05) is 5.75 Å². The Morgan fingerprint density at radius 1 is 1.25 bits per heavy atom. The summed E-state index contributed by atoms with van der Waals surface area (Å²) in [5, 5.41) is 17.4. The van der Waals surface area contributed by atoms with Crippen LogP contribution in [0.3, 0.4) is 0 Å². The lowest BCUT2D eigenvalue weighted by Crippen LogP contribution is -2.29. The molecule has 0 bridgehead atoms. The maximum Gasteiger partial charge on any atom is 0.333 e. The second-order valence-electron chi connectivity index (χ2n) is 3.39. The van der Waals surface area contributed by atoms with Crippen LogP contribution >= 0.6 is 0 Å². The Bertz CT molecular complexity index is 451. The number of aliphatic hydroxyl groups excluding tert-OH is 1. The Hall–Kier alpha value is -1.40. The first kappa shape index (κ1) is 12.7. The largest absolute Gasteiger partial charge is 0.479 e. The minimum atomic E-state index is -3.61. The van der Waals surface area contributed by atoms with Gasteiger partial charge in [0.05, 0.1) is 11.5 Å². The zero-order chi connectivity index (χ0) is 12.2. The number of sulfone groups is 1. The van der Waals surface area contributed by atoms with Crippen molar-refractivity contribution >= 4 is 15.8 Å². The number of benzene rings is 1. The summed E-state index contributed by atoms with van der Waals surface area (Å²) in [5.41, 5.74) is 0.570. The molecular formula is C10H12O5S. The van der Waals surface area contributed by atoms with Crippen LogP contribution in [-0.2, 0) is 20.4 Å². The highest BCUT2D eigenvalue weighted by Gasteiger charge is 2.22. The lowest BCUT2D eigenvalue weighted by atomic mass is 10.2. The molecule has 1 aromatic carbocycles. The lowest BCUT2D eigenvalue weighted by molar-refractivity contribution is -0.145. The minimum absolute atomic E-state index is 0.266. The number of carbonyl (C=O) groups is 1. The van der Waals surface area contributed by atoms with Gasteiger partial charge in [0.2, 0.25) is 0 Å². The van der Waals surface area contributed by atoms with Gasteiger partial charge < -0.3 is 10.2 Å². The lowest BCUT2D eigenvalue weighted by Gasteiger charge is -2.06. The summed E-state index contributed by atoms with van der Waals surface area (Å²) in [6, 6.07) is 8.40. The van der Waals surface area contributed by atoms with E-state index in [9.17, 15) is 13.2 Å². The van der Waals surface area contributed by atoms with Crippen molar-refractivity contribution < 1.29 is 23.4 Å². The molecule has 16 heavy (non-hydrogen) atoms. The van der Waals surface area contributed by atoms with Gasteiger partial charge in [0.15, 0.2) is 15.9 Å².